The van der Waals surface area contributed by atoms with Gasteiger partial charge in [-0.15, -0.1) is 0 Å². The predicted molar refractivity (Wildman–Crippen MR) is 67.4 cm³/mol. The number of carbonyl (C=O) groups is 1. The maximum atomic E-state index is 11.7. The number of carbonyl (C=O) groups excluding carboxylic acids is 1. The van der Waals surface area contributed by atoms with Crippen LogP contribution in [0.4, 0.5) is 5.69 Å². The molecular weight excluding hydrogens is 286 g/mol. The molecule has 0 saturated heterocycles. The van der Waals surface area contributed by atoms with Crippen molar-refractivity contribution in [2.75, 3.05) is 12.4 Å². The third-order valence-corrected chi connectivity index (χ3v) is 2.81. The molecule has 5 heteroatoms. The normalized spacial score (nSPS) is 10.0. The van der Waals surface area contributed by atoms with Gasteiger partial charge in [-0.25, -0.2) is 0 Å². The van der Waals surface area contributed by atoms with Crippen LogP contribution >= 0.6 is 15.9 Å². The highest BCUT2D eigenvalue weighted by Crippen LogP contribution is 2.28. The number of nitrogens with one attached hydrogen (secondary N) is 1. The van der Waals surface area contributed by atoms with Gasteiger partial charge in [-0.3, -0.25) is 4.79 Å². The van der Waals surface area contributed by atoms with Gasteiger partial charge in [0.05, 0.1) is 17.8 Å². The maximum Gasteiger partial charge on any atom is 0.291 e. The maximum absolute atomic E-state index is 11.7. The standard InChI is InChI=1S/C12H10BrNO3/c1-16-11-7-8(4-5-9(11)13)14-12(15)10-3-2-6-17-10/h2-7H,1H3,(H,14,15). The molecule has 0 radical (unpaired) electrons. The molecule has 88 valence electrons. The number of amides is 1. The minimum atomic E-state index is -0.292. The monoisotopic (exact) mass is 295 g/mol. The molecule has 1 heterocycles. The van der Waals surface area contributed by atoms with Gasteiger partial charge in [0, 0.05) is 11.8 Å². The largest absolute Gasteiger partial charge is 0.495 e. The second-order valence-electron chi connectivity index (χ2n) is 3.28. The third kappa shape index (κ3) is 2.68. The highest BCUT2D eigenvalue weighted by atomic mass is 79.9. The Balaban J connectivity index is 2.16. The molecule has 1 amide bonds. The number of ether oxygens (including phenoxy) is 1. The minimum Gasteiger partial charge on any atom is -0.495 e. The third-order valence-electron chi connectivity index (χ3n) is 2.15. The molecule has 1 aromatic carbocycles. The van der Waals surface area contributed by atoms with Gasteiger partial charge in [0.2, 0.25) is 0 Å². The summed E-state index contributed by atoms with van der Waals surface area (Å²) in [6.45, 7) is 0. The summed E-state index contributed by atoms with van der Waals surface area (Å²) in [5, 5.41) is 2.71. The molecule has 0 saturated carbocycles. The summed E-state index contributed by atoms with van der Waals surface area (Å²) in [5.74, 6) is 0.633. The molecule has 0 aliphatic heterocycles. The number of anilines is 1. The van der Waals surface area contributed by atoms with E-state index in [9.17, 15) is 4.79 Å². The zero-order valence-corrected chi connectivity index (χ0v) is 10.7. The predicted octanol–water partition coefficient (Wildman–Crippen LogP) is 3.30. The Bertz CT molecular complexity index is 523. The molecule has 2 rings (SSSR count). The molecule has 0 atom stereocenters. The average Bonchev–Trinajstić information content (AvgIpc) is 2.85. The van der Waals surface area contributed by atoms with Crippen LogP contribution in [0, 0.1) is 0 Å². The fourth-order valence-electron chi connectivity index (χ4n) is 1.34. The van der Waals surface area contributed by atoms with Gasteiger partial charge in [0.1, 0.15) is 5.75 Å². The van der Waals surface area contributed by atoms with Crippen LogP contribution in [0.25, 0.3) is 0 Å². The summed E-state index contributed by atoms with van der Waals surface area (Å²) in [6.07, 6.45) is 1.46. The van der Waals surface area contributed by atoms with Crippen LogP contribution in [0.5, 0.6) is 5.75 Å². The molecular formula is C12H10BrNO3. The van der Waals surface area contributed by atoms with Crippen molar-refractivity contribution in [3.05, 3.63) is 46.8 Å². The summed E-state index contributed by atoms with van der Waals surface area (Å²) >= 11 is 3.34. The number of methoxy groups -OCH3 is 1. The first kappa shape index (κ1) is 11.7. The number of furan rings is 1. The van der Waals surface area contributed by atoms with Gasteiger partial charge in [0.15, 0.2) is 5.76 Å². The van der Waals surface area contributed by atoms with E-state index < -0.39 is 0 Å². The van der Waals surface area contributed by atoms with E-state index in [-0.39, 0.29) is 11.7 Å². The summed E-state index contributed by atoms with van der Waals surface area (Å²) in [4.78, 5) is 11.7. The topological polar surface area (TPSA) is 51.5 Å². The molecule has 0 aliphatic carbocycles. The van der Waals surface area contributed by atoms with Crippen molar-refractivity contribution in [1.29, 1.82) is 0 Å². The molecule has 2 aromatic rings. The average molecular weight is 296 g/mol. The molecule has 1 N–H and O–H groups in total. The number of hydrogen-bond donors (Lipinski definition) is 1. The first-order valence-corrected chi connectivity index (χ1v) is 5.68. The van der Waals surface area contributed by atoms with Gasteiger partial charge in [-0.2, -0.15) is 0 Å². The molecule has 0 spiro atoms. The van der Waals surface area contributed by atoms with Crippen LogP contribution in [0.15, 0.2) is 45.5 Å². The first-order chi connectivity index (χ1) is 8.20. The number of benzene rings is 1. The smallest absolute Gasteiger partial charge is 0.291 e. The van der Waals surface area contributed by atoms with Crippen LogP contribution in [0.2, 0.25) is 0 Å². The molecule has 1 aromatic heterocycles. The number of rotatable bonds is 3. The summed E-state index contributed by atoms with van der Waals surface area (Å²) < 4.78 is 11.0. The first-order valence-electron chi connectivity index (χ1n) is 4.89. The minimum absolute atomic E-state index is 0.270. The van der Waals surface area contributed by atoms with Crippen LogP contribution < -0.4 is 10.1 Å². The van der Waals surface area contributed by atoms with Crippen LogP contribution in [-0.4, -0.2) is 13.0 Å². The van der Waals surface area contributed by atoms with Crippen LogP contribution in [0.1, 0.15) is 10.6 Å². The fourth-order valence-corrected chi connectivity index (χ4v) is 1.75. The Labute approximate surface area is 107 Å². The lowest BCUT2D eigenvalue weighted by molar-refractivity contribution is 0.0996. The van der Waals surface area contributed by atoms with Crippen molar-refractivity contribution < 1.29 is 13.9 Å². The van der Waals surface area contributed by atoms with E-state index >= 15 is 0 Å². The van der Waals surface area contributed by atoms with Crippen molar-refractivity contribution in [2.45, 2.75) is 0 Å². The highest BCUT2D eigenvalue weighted by molar-refractivity contribution is 9.10. The van der Waals surface area contributed by atoms with E-state index in [0.29, 0.717) is 11.4 Å². The van der Waals surface area contributed by atoms with Crippen molar-refractivity contribution >= 4 is 27.5 Å². The lowest BCUT2D eigenvalue weighted by atomic mass is 10.3. The lowest BCUT2D eigenvalue weighted by Crippen LogP contribution is -2.10. The molecule has 0 bridgehead atoms. The van der Waals surface area contributed by atoms with Crippen molar-refractivity contribution in [1.82, 2.24) is 0 Å². The van der Waals surface area contributed by atoms with Gasteiger partial charge < -0.3 is 14.5 Å². The Morgan fingerprint density at radius 1 is 1.41 bits per heavy atom. The highest BCUT2D eigenvalue weighted by Gasteiger charge is 2.09. The number of halogens is 1. The molecule has 4 nitrogen and oxygen atoms in total. The second-order valence-corrected chi connectivity index (χ2v) is 4.14. The van der Waals surface area contributed by atoms with Gasteiger partial charge >= 0.3 is 0 Å². The molecule has 17 heavy (non-hydrogen) atoms. The molecule has 0 fully saturated rings. The van der Waals surface area contributed by atoms with Crippen molar-refractivity contribution in [3.8, 4) is 5.75 Å². The molecule has 0 unspecified atom stereocenters. The summed E-state index contributed by atoms with van der Waals surface area (Å²) in [7, 11) is 1.57. The summed E-state index contributed by atoms with van der Waals surface area (Å²) in [5.41, 5.74) is 0.645. The second kappa shape index (κ2) is 5.05. The Morgan fingerprint density at radius 2 is 2.24 bits per heavy atom. The van der Waals surface area contributed by atoms with Crippen LogP contribution in [-0.2, 0) is 0 Å². The van der Waals surface area contributed by atoms with E-state index in [4.69, 9.17) is 9.15 Å². The van der Waals surface area contributed by atoms with E-state index in [1.165, 1.54) is 6.26 Å². The molecule has 0 aliphatic rings. The van der Waals surface area contributed by atoms with Crippen molar-refractivity contribution in [3.63, 3.8) is 0 Å². The fraction of sp³-hybridized carbons (Fsp3) is 0.0833. The summed E-state index contributed by atoms with van der Waals surface area (Å²) in [6, 6.07) is 8.57. The lowest BCUT2D eigenvalue weighted by Gasteiger charge is -2.07. The Kier molecular flexibility index (Phi) is 3.49. The zero-order chi connectivity index (χ0) is 12.3. The Hall–Kier alpha value is -1.75. The van der Waals surface area contributed by atoms with Gasteiger partial charge in [-0.05, 0) is 40.2 Å². The number of hydrogen-bond acceptors (Lipinski definition) is 3. The Morgan fingerprint density at radius 3 is 2.88 bits per heavy atom. The quantitative estimate of drug-likeness (QED) is 0.945. The van der Waals surface area contributed by atoms with Gasteiger partial charge in [-0.1, -0.05) is 0 Å². The van der Waals surface area contributed by atoms with E-state index in [1.54, 1.807) is 37.4 Å². The SMILES string of the molecule is COc1cc(NC(=O)c2ccco2)ccc1Br. The van der Waals surface area contributed by atoms with E-state index in [0.717, 1.165) is 4.47 Å². The van der Waals surface area contributed by atoms with Crippen molar-refractivity contribution in [2.24, 2.45) is 0 Å². The van der Waals surface area contributed by atoms with Gasteiger partial charge in [0.25, 0.3) is 5.91 Å². The van der Waals surface area contributed by atoms with E-state index in [1.807, 2.05) is 0 Å². The van der Waals surface area contributed by atoms with Crippen LogP contribution in [0.3, 0.4) is 0 Å². The van der Waals surface area contributed by atoms with E-state index in [2.05, 4.69) is 21.2 Å². The zero-order valence-electron chi connectivity index (χ0n) is 9.07.